The maximum absolute atomic E-state index is 12.8. The molecule has 0 N–H and O–H groups in total. The van der Waals surface area contributed by atoms with E-state index in [1.165, 1.54) is 22.0 Å². The monoisotopic (exact) mass is 425 g/mol. The lowest BCUT2D eigenvalue weighted by Gasteiger charge is -2.11. The predicted molar refractivity (Wildman–Crippen MR) is 118 cm³/mol. The van der Waals surface area contributed by atoms with E-state index >= 15 is 0 Å². The van der Waals surface area contributed by atoms with Crippen molar-refractivity contribution in [1.29, 1.82) is 0 Å². The van der Waals surface area contributed by atoms with E-state index in [4.69, 9.17) is 14.2 Å². The standard InChI is InChI=1S/C23H23NO5S/c1-14-8-6-7-9-16(14)17(25)12-22-24(2)23(26)21(30-22)11-15-10-19(28-4)20(29-5)13-18(15)27-3/h6-13H,1-5H3/b21-11+,22-12-. The van der Waals surface area contributed by atoms with Crippen LogP contribution in [0.5, 0.6) is 17.2 Å². The highest BCUT2D eigenvalue weighted by molar-refractivity contribution is 7.07. The number of Topliss-reactive ketones (excluding diaryl/α,β-unsaturated/α-hetero) is 1. The Hall–Kier alpha value is -3.32. The second-order valence-corrected chi connectivity index (χ2v) is 7.65. The summed E-state index contributed by atoms with van der Waals surface area (Å²) in [4.78, 5) is 25.5. The van der Waals surface area contributed by atoms with Gasteiger partial charge < -0.3 is 18.8 Å². The summed E-state index contributed by atoms with van der Waals surface area (Å²) in [5, 5.41) is 0. The van der Waals surface area contributed by atoms with Crippen LogP contribution >= 0.6 is 11.3 Å². The number of carbonyl (C=O) groups excluding carboxylic acids is 1. The third-order valence-electron chi connectivity index (χ3n) is 4.75. The van der Waals surface area contributed by atoms with E-state index in [0.29, 0.717) is 37.6 Å². The molecular weight excluding hydrogens is 402 g/mol. The average Bonchev–Trinajstić information content (AvgIpc) is 3.01. The molecule has 0 radical (unpaired) electrons. The van der Waals surface area contributed by atoms with Crippen LogP contribution in [0.2, 0.25) is 0 Å². The number of ether oxygens (including phenoxy) is 3. The maximum Gasteiger partial charge on any atom is 0.268 e. The van der Waals surface area contributed by atoms with Crippen molar-refractivity contribution in [3.8, 4) is 17.2 Å². The van der Waals surface area contributed by atoms with Gasteiger partial charge in [0.05, 0.1) is 25.9 Å². The van der Waals surface area contributed by atoms with Crippen LogP contribution in [0.4, 0.5) is 0 Å². The molecule has 0 aliphatic heterocycles. The summed E-state index contributed by atoms with van der Waals surface area (Å²) in [5.74, 6) is 1.47. The van der Waals surface area contributed by atoms with Gasteiger partial charge in [0.2, 0.25) is 0 Å². The Morgan fingerprint density at radius 2 is 1.63 bits per heavy atom. The van der Waals surface area contributed by atoms with Gasteiger partial charge in [0.1, 0.15) is 10.4 Å². The quantitative estimate of drug-likeness (QED) is 0.567. The number of aryl methyl sites for hydroxylation is 1. The minimum atomic E-state index is -0.194. The SMILES string of the molecule is COc1cc(OC)c(OC)cc1/C=c1/s/c(=C\C(=O)c2ccccc2C)n(C)c1=O. The zero-order chi connectivity index (χ0) is 21.8. The molecule has 0 spiro atoms. The normalized spacial score (nSPS) is 12.2. The van der Waals surface area contributed by atoms with E-state index in [1.54, 1.807) is 52.7 Å². The first-order chi connectivity index (χ1) is 14.4. The molecule has 0 unspecified atom stereocenters. The second kappa shape index (κ2) is 9.00. The van der Waals surface area contributed by atoms with Gasteiger partial charge in [0, 0.05) is 30.3 Å². The third kappa shape index (κ3) is 4.16. The fourth-order valence-corrected chi connectivity index (χ4v) is 4.08. The third-order valence-corrected chi connectivity index (χ3v) is 5.86. The molecule has 1 aromatic heterocycles. The number of thiazole rings is 1. The molecule has 6 nitrogen and oxygen atoms in total. The van der Waals surface area contributed by atoms with Gasteiger partial charge in [-0.15, -0.1) is 11.3 Å². The number of carbonyl (C=O) groups is 1. The summed E-state index contributed by atoms with van der Waals surface area (Å²) in [6.45, 7) is 1.89. The van der Waals surface area contributed by atoms with Crippen molar-refractivity contribution in [2.75, 3.05) is 21.3 Å². The van der Waals surface area contributed by atoms with E-state index in [0.717, 1.165) is 5.56 Å². The van der Waals surface area contributed by atoms with E-state index < -0.39 is 0 Å². The summed E-state index contributed by atoms with van der Waals surface area (Å²) in [6, 6.07) is 10.8. The fraction of sp³-hybridized carbons (Fsp3) is 0.217. The van der Waals surface area contributed by atoms with Crippen LogP contribution in [0.3, 0.4) is 0 Å². The van der Waals surface area contributed by atoms with E-state index in [9.17, 15) is 9.59 Å². The molecule has 0 atom stereocenters. The Morgan fingerprint density at radius 3 is 2.27 bits per heavy atom. The van der Waals surface area contributed by atoms with Crippen molar-refractivity contribution in [1.82, 2.24) is 4.57 Å². The second-order valence-electron chi connectivity index (χ2n) is 6.59. The number of hydrogen-bond donors (Lipinski definition) is 0. The summed E-state index contributed by atoms with van der Waals surface area (Å²) in [5.41, 5.74) is 1.99. The lowest BCUT2D eigenvalue weighted by atomic mass is 10.1. The molecule has 0 aliphatic rings. The van der Waals surface area contributed by atoms with E-state index in [1.807, 2.05) is 25.1 Å². The van der Waals surface area contributed by atoms with Crippen LogP contribution in [-0.2, 0) is 7.05 Å². The van der Waals surface area contributed by atoms with Crippen molar-refractivity contribution in [3.63, 3.8) is 0 Å². The number of methoxy groups -OCH3 is 3. The summed E-state index contributed by atoms with van der Waals surface area (Å²) in [6.07, 6.45) is 3.22. The topological polar surface area (TPSA) is 66.8 Å². The molecule has 0 bridgehead atoms. The first-order valence-electron chi connectivity index (χ1n) is 9.18. The lowest BCUT2D eigenvalue weighted by molar-refractivity contribution is 0.106. The van der Waals surface area contributed by atoms with Crippen LogP contribution in [0.15, 0.2) is 41.2 Å². The Labute approximate surface area is 178 Å². The van der Waals surface area contributed by atoms with Gasteiger partial charge in [-0.05, 0) is 24.6 Å². The molecule has 7 heteroatoms. The summed E-state index contributed by atoms with van der Waals surface area (Å²) in [7, 11) is 6.29. The molecule has 0 fully saturated rings. The highest BCUT2D eigenvalue weighted by atomic mass is 32.1. The molecule has 0 aliphatic carbocycles. The minimum Gasteiger partial charge on any atom is -0.496 e. The van der Waals surface area contributed by atoms with E-state index in [-0.39, 0.29) is 11.3 Å². The smallest absolute Gasteiger partial charge is 0.268 e. The van der Waals surface area contributed by atoms with Crippen LogP contribution in [0.1, 0.15) is 21.5 Å². The molecule has 2 aromatic carbocycles. The Balaban J connectivity index is 2.14. The predicted octanol–water partition coefficient (Wildman–Crippen LogP) is 2.27. The highest BCUT2D eigenvalue weighted by Crippen LogP contribution is 2.34. The molecule has 1 heterocycles. The summed E-state index contributed by atoms with van der Waals surface area (Å²) >= 11 is 1.24. The zero-order valence-electron chi connectivity index (χ0n) is 17.5. The number of ketones is 1. The number of hydrogen-bond acceptors (Lipinski definition) is 6. The fourth-order valence-electron chi connectivity index (χ4n) is 3.05. The van der Waals surface area contributed by atoms with Crippen molar-refractivity contribution in [3.05, 3.63) is 72.6 Å². The Kier molecular flexibility index (Phi) is 6.42. The van der Waals surface area contributed by atoms with Gasteiger partial charge in [-0.25, -0.2) is 0 Å². The van der Waals surface area contributed by atoms with Crippen LogP contribution in [0.25, 0.3) is 12.2 Å². The van der Waals surface area contributed by atoms with Gasteiger partial charge in [0.25, 0.3) is 5.56 Å². The maximum atomic E-state index is 12.8. The number of nitrogens with zero attached hydrogens (tertiary/aromatic N) is 1. The Morgan fingerprint density at radius 1 is 1.00 bits per heavy atom. The van der Waals surface area contributed by atoms with Crippen molar-refractivity contribution in [2.45, 2.75) is 6.92 Å². The van der Waals surface area contributed by atoms with Gasteiger partial charge in [-0.1, -0.05) is 24.3 Å². The minimum absolute atomic E-state index is 0.139. The number of aromatic nitrogens is 1. The molecule has 0 saturated carbocycles. The highest BCUT2D eigenvalue weighted by Gasteiger charge is 2.12. The van der Waals surface area contributed by atoms with Gasteiger partial charge >= 0.3 is 0 Å². The molecule has 30 heavy (non-hydrogen) atoms. The zero-order valence-corrected chi connectivity index (χ0v) is 18.3. The molecule has 0 saturated heterocycles. The lowest BCUT2D eigenvalue weighted by Crippen LogP contribution is -2.29. The van der Waals surface area contributed by atoms with Crippen LogP contribution in [-0.4, -0.2) is 31.7 Å². The Bertz CT molecular complexity index is 1270. The van der Waals surface area contributed by atoms with Gasteiger partial charge in [0.15, 0.2) is 17.3 Å². The molecule has 156 valence electrons. The molecular formula is C23H23NO5S. The average molecular weight is 426 g/mol. The van der Waals surface area contributed by atoms with Crippen LogP contribution < -0.4 is 29.0 Å². The van der Waals surface area contributed by atoms with E-state index in [2.05, 4.69) is 0 Å². The number of rotatable bonds is 6. The first kappa shape index (κ1) is 21.4. The van der Waals surface area contributed by atoms with Crippen molar-refractivity contribution >= 4 is 29.3 Å². The molecule has 3 rings (SSSR count). The van der Waals surface area contributed by atoms with Gasteiger partial charge in [-0.2, -0.15) is 0 Å². The molecule has 3 aromatic rings. The number of benzene rings is 2. The van der Waals surface area contributed by atoms with Gasteiger partial charge in [-0.3, -0.25) is 9.59 Å². The van der Waals surface area contributed by atoms with Crippen LogP contribution in [0, 0.1) is 6.92 Å². The molecule has 0 amide bonds. The first-order valence-corrected chi connectivity index (χ1v) is 10.0. The van der Waals surface area contributed by atoms with Crippen molar-refractivity contribution < 1.29 is 19.0 Å². The van der Waals surface area contributed by atoms with Crippen molar-refractivity contribution in [2.24, 2.45) is 7.05 Å². The largest absolute Gasteiger partial charge is 0.496 e. The summed E-state index contributed by atoms with van der Waals surface area (Å²) < 4.78 is 18.6.